The van der Waals surface area contributed by atoms with Gasteiger partial charge in [0.05, 0.1) is 17.0 Å². The maximum absolute atomic E-state index is 12.7. The number of hydrogen-bond donors (Lipinski definition) is 0. The minimum Gasteiger partial charge on any atom is -0.379 e. The Balaban J connectivity index is 1.86. The first-order valence-electron chi connectivity index (χ1n) is 6.84. The first-order chi connectivity index (χ1) is 9.16. The van der Waals surface area contributed by atoms with Crippen LogP contribution in [0.15, 0.2) is 10.5 Å². The minimum absolute atomic E-state index is 0.0140. The lowest BCUT2D eigenvalue weighted by molar-refractivity contribution is 0.0555. The molecule has 0 N–H and O–H groups in total. The third kappa shape index (κ3) is 2.26. The van der Waals surface area contributed by atoms with Crippen LogP contribution >= 0.6 is 27.3 Å². The number of nitrogens with zero attached hydrogens (tertiary/aromatic N) is 1. The molecule has 2 aliphatic rings. The summed E-state index contributed by atoms with van der Waals surface area (Å²) in [7, 11) is 0. The van der Waals surface area contributed by atoms with Gasteiger partial charge in [-0.2, -0.15) is 0 Å². The molecule has 1 aromatic rings. The average molecular weight is 344 g/mol. The fraction of sp³-hybridized carbons (Fsp3) is 0.643. The second-order valence-corrected chi connectivity index (χ2v) is 7.31. The van der Waals surface area contributed by atoms with E-state index in [1.807, 2.05) is 6.07 Å². The van der Waals surface area contributed by atoms with Crippen LogP contribution in [0.4, 0.5) is 0 Å². The smallest absolute Gasteiger partial charge is 0.264 e. The lowest BCUT2D eigenvalue weighted by atomic mass is 9.95. The van der Waals surface area contributed by atoms with Gasteiger partial charge in [0.1, 0.15) is 0 Å². The average Bonchev–Trinajstić information content (AvgIpc) is 3.11. The highest BCUT2D eigenvalue weighted by atomic mass is 79.9. The van der Waals surface area contributed by atoms with E-state index in [0.717, 1.165) is 48.2 Å². The van der Waals surface area contributed by atoms with Gasteiger partial charge in [-0.3, -0.25) is 4.79 Å². The number of hydrogen-bond acceptors (Lipinski definition) is 3. The van der Waals surface area contributed by atoms with E-state index in [1.54, 1.807) is 11.3 Å². The molecule has 104 valence electrons. The summed E-state index contributed by atoms with van der Waals surface area (Å²) in [6, 6.07) is 1.98. The van der Waals surface area contributed by atoms with Crippen molar-refractivity contribution in [1.29, 1.82) is 0 Å². The van der Waals surface area contributed by atoms with E-state index < -0.39 is 0 Å². The number of likely N-dealkylation sites (tertiary alicyclic amines) is 1. The molecule has 5 heteroatoms. The molecule has 0 radical (unpaired) electrons. The van der Waals surface area contributed by atoms with E-state index >= 15 is 0 Å². The summed E-state index contributed by atoms with van der Waals surface area (Å²) in [4.78, 5) is 16.9. The van der Waals surface area contributed by atoms with Gasteiger partial charge in [0.15, 0.2) is 0 Å². The Morgan fingerprint density at radius 3 is 3.05 bits per heavy atom. The summed E-state index contributed by atoms with van der Waals surface area (Å²) < 4.78 is 6.62. The topological polar surface area (TPSA) is 29.5 Å². The summed E-state index contributed by atoms with van der Waals surface area (Å²) in [6.45, 7) is 4.50. The van der Waals surface area contributed by atoms with E-state index in [-0.39, 0.29) is 11.4 Å². The fourth-order valence-electron chi connectivity index (χ4n) is 3.15. The van der Waals surface area contributed by atoms with Crippen molar-refractivity contribution in [2.75, 3.05) is 19.8 Å². The second-order valence-electron chi connectivity index (χ2n) is 5.32. The molecule has 0 aromatic carbocycles. The van der Waals surface area contributed by atoms with Crippen LogP contribution in [0.25, 0.3) is 0 Å². The zero-order valence-electron chi connectivity index (χ0n) is 11.1. The molecular formula is C14H18BrNO2S. The summed E-state index contributed by atoms with van der Waals surface area (Å²) >= 11 is 5.16. The van der Waals surface area contributed by atoms with Gasteiger partial charge in [0.2, 0.25) is 0 Å². The van der Waals surface area contributed by atoms with Crippen molar-refractivity contribution in [2.45, 2.75) is 38.1 Å². The van der Waals surface area contributed by atoms with Crippen LogP contribution in [-0.2, 0) is 11.2 Å². The van der Waals surface area contributed by atoms with E-state index in [4.69, 9.17) is 4.74 Å². The molecule has 1 atom stereocenters. The van der Waals surface area contributed by atoms with Gasteiger partial charge >= 0.3 is 0 Å². The maximum Gasteiger partial charge on any atom is 0.264 e. The minimum atomic E-state index is -0.0140. The Hall–Kier alpha value is -0.390. The zero-order chi connectivity index (χ0) is 13.5. The van der Waals surface area contributed by atoms with Crippen molar-refractivity contribution < 1.29 is 9.53 Å². The third-order valence-corrected chi connectivity index (χ3v) is 6.45. The van der Waals surface area contributed by atoms with Crippen molar-refractivity contribution in [1.82, 2.24) is 4.90 Å². The summed E-state index contributed by atoms with van der Waals surface area (Å²) in [6.07, 6.45) is 4.15. The normalized spacial score (nSPS) is 26.5. The Kier molecular flexibility index (Phi) is 3.71. The second kappa shape index (κ2) is 5.19. The molecule has 1 unspecified atom stereocenters. The Morgan fingerprint density at radius 2 is 2.42 bits per heavy atom. The number of aryl methyl sites for hydroxylation is 1. The number of ether oxygens (including phenoxy) is 1. The molecule has 0 saturated carbocycles. The standard InChI is InChI=1S/C14H18BrNO2S/c1-2-11-10(15)8-12(19-11)13(17)16-6-3-4-14(16)5-7-18-9-14/h8H,2-7,9H2,1H3. The van der Waals surface area contributed by atoms with E-state index in [2.05, 4.69) is 27.8 Å². The molecule has 2 aliphatic heterocycles. The van der Waals surface area contributed by atoms with Crippen molar-refractivity contribution >= 4 is 33.2 Å². The molecule has 0 aliphatic carbocycles. The number of rotatable bonds is 2. The van der Waals surface area contributed by atoms with E-state index in [0.29, 0.717) is 6.61 Å². The molecule has 3 heterocycles. The van der Waals surface area contributed by atoms with Crippen LogP contribution < -0.4 is 0 Å². The third-order valence-electron chi connectivity index (χ3n) is 4.21. The van der Waals surface area contributed by atoms with Crippen LogP contribution in [0, 0.1) is 0 Å². The molecule has 1 amide bonds. The van der Waals surface area contributed by atoms with Crippen molar-refractivity contribution in [2.24, 2.45) is 0 Å². The van der Waals surface area contributed by atoms with Crippen LogP contribution in [-0.4, -0.2) is 36.1 Å². The zero-order valence-corrected chi connectivity index (χ0v) is 13.5. The Morgan fingerprint density at radius 1 is 1.58 bits per heavy atom. The SMILES string of the molecule is CCc1sc(C(=O)N2CCCC23CCOC3)cc1Br. The molecular weight excluding hydrogens is 326 g/mol. The van der Waals surface area contributed by atoms with Gasteiger partial charge in [-0.15, -0.1) is 11.3 Å². The van der Waals surface area contributed by atoms with Gasteiger partial charge < -0.3 is 9.64 Å². The Bertz CT molecular complexity index is 488. The first kappa shape index (κ1) is 13.6. The van der Waals surface area contributed by atoms with Crippen LogP contribution in [0.3, 0.4) is 0 Å². The van der Waals surface area contributed by atoms with Crippen LogP contribution in [0.5, 0.6) is 0 Å². The highest BCUT2D eigenvalue weighted by Crippen LogP contribution is 2.39. The predicted molar refractivity (Wildman–Crippen MR) is 79.8 cm³/mol. The first-order valence-corrected chi connectivity index (χ1v) is 8.45. The van der Waals surface area contributed by atoms with E-state index in [9.17, 15) is 4.79 Å². The highest BCUT2D eigenvalue weighted by Gasteiger charge is 2.46. The lowest BCUT2D eigenvalue weighted by Crippen LogP contribution is -2.47. The molecule has 1 aromatic heterocycles. The molecule has 19 heavy (non-hydrogen) atoms. The van der Waals surface area contributed by atoms with Gasteiger partial charge in [-0.1, -0.05) is 6.92 Å². The number of amides is 1. The number of carbonyl (C=O) groups is 1. The monoisotopic (exact) mass is 343 g/mol. The molecule has 3 nitrogen and oxygen atoms in total. The van der Waals surface area contributed by atoms with E-state index in [1.165, 1.54) is 4.88 Å². The van der Waals surface area contributed by atoms with Crippen molar-refractivity contribution in [3.05, 3.63) is 20.3 Å². The highest BCUT2D eigenvalue weighted by molar-refractivity contribution is 9.10. The van der Waals surface area contributed by atoms with Crippen molar-refractivity contribution in [3.63, 3.8) is 0 Å². The Labute approximate surface area is 126 Å². The van der Waals surface area contributed by atoms with Crippen LogP contribution in [0.2, 0.25) is 0 Å². The molecule has 0 bridgehead atoms. The number of halogens is 1. The van der Waals surface area contributed by atoms with Gasteiger partial charge in [0, 0.05) is 22.5 Å². The largest absolute Gasteiger partial charge is 0.379 e. The predicted octanol–water partition coefficient (Wildman–Crippen LogP) is 3.47. The lowest BCUT2D eigenvalue weighted by Gasteiger charge is -2.33. The summed E-state index contributed by atoms with van der Waals surface area (Å²) in [5.41, 5.74) is -0.0140. The number of carbonyl (C=O) groups excluding carboxylic acids is 1. The quantitative estimate of drug-likeness (QED) is 0.822. The maximum atomic E-state index is 12.7. The van der Waals surface area contributed by atoms with Gasteiger partial charge in [-0.05, 0) is 47.7 Å². The summed E-state index contributed by atoms with van der Waals surface area (Å²) in [5, 5.41) is 0. The fourth-order valence-corrected chi connectivity index (χ4v) is 4.99. The van der Waals surface area contributed by atoms with Gasteiger partial charge in [-0.25, -0.2) is 0 Å². The molecule has 3 rings (SSSR count). The van der Waals surface area contributed by atoms with Gasteiger partial charge in [0.25, 0.3) is 5.91 Å². The number of thiophene rings is 1. The molecule has 2 fully saturated rings. The summed E-state index contributed by atoms with van der Waals surface area (Å²) in [5.74, 6) is 0.188. The molecule has 2 saturated heterocycles. The molecule has 1 spiro atoms. The van der Waals surface area contributed by atoms with Crippen molar-refractivity contribution in [3.8, 4) is 0 Å². The van der Waals surface area contributed by atoms with Crippen LogP contribution in [0.1, 0.15) is 40.7 Å².